The molecule has 1 unspecified atom stereocenters. The van der Waals surface area contributed by atoms with E-state index in [1.54, 1.807) is 6.20 Å². The summed E-state index contributed by atoms with van der Waals surface area (Å²) in [6.07, 6.45) is 6.24. The molecule has 144 valence electrons. The van der Waals surface area contributed by atoms with Gasteiger partial charge >= 0.3 is 0 Å². The lowest BCUT2D eigenvalue weighted by Crippen LogP contribution is -2.42. The van der Waals surface area contributed by atoms with Gasteiger partial charge in [-0.3, -0.25) is 4.79 Å². The molecule has 2 fully saturated rings. The second kappa shape index (κ2) is 7.64. The average Bonchev–Trinajstić information content (AvgIpc) is 3.42. The highest BCUT2D eigenvalue weighted by Gasteiger charge is 2.35. The third kappa shape index (κ3) is 3.76. The van der Waals surface area contributed by atoms with Gasteiger partial charge in [0.1, 0.15) is 0 Å². The first kappa shape index (κ1) is 18.5. The Morgan fingerprint density at radius 1 is 1.33 bits per heavy atom. The normalized spacial score (nSPS) is 20.1. The van der Waals surface area contributed by atoms with E-state index in [0.717, 1.165) is 66.4 Å². The van der Waals surface area contributed by atoms with Gasteiger partial charge in [0.2, 0.25) is 0 Å². The van der Waals surface area contributed by atoms with Crippen molar-refractivity contribution in [3.05, 3.63) is 46.2 Å². The second-order valence-corrected chi connectivity index (χ2v) is 8.29. The predicted molar refractivity (Wildman–Crippen MR) is 108 cm³/mol. The Bertz CT molecular complexity index is 841. The molecular formula is C21H27ClN4O. The number of nitrogens with one attached hydrogen (secondary N) is 1. The topological polar surface area (TPSA) is 50.2 Å². The van der Waals surface area contributed by atoms with Crippen LogP contribution < -0.4 is 5.32 Å². The SMILES string of the molecule is CNCC1CCCN(C(=O)c2cnn(-c3ccc(C)c(Cl)c3)c2C2CC2)C1. The number of piperidine rings is 1. The maximum Gasteiger partial charge on any atom is 0.257 e. The minimum atomic E-state index is 0.127. The average molecular weight is 387 g/mol. The van der Waals surface area contributed by atoms with Gasteiger partial charge in [-0.05, 0) is 69.8 Å². The minimum absolute atomic E-state index is 0.127. The largest absolute Gasteiger partial charge is 0.338 e. The molecule has 1 atom stereocenters. The fraction of sp³-hybridized carbons (Fsp3) is 0.524. The first-order valence-corrected chi connectivity index (χ1v) is 10.2. The van der Waals surface area contributed by atoms with Gasteiger partial charge in [-0.15, -0.1) is 0 Å². The van der Waals surface area contributed by atoms with Crippen LogP contribution in [0, 0.1) is 12.8 Å². The molecule has 2 aromatic rings. The molecule has 2 heterocycles. The predicted octanol–water partition coefficient (Wildman–Crippen LogP) is 3.78. The number of aryl methyl sites for hydroxylation is 1. The zero-order valence-electron chi connectivity index (χ0n) is 16.0. The molecule has 0 spiro atoms. The van der Waals surface area contributed by atoms with Crippen molar-refractivity contribution in [1.29, 1.82) is 0 Å². The van der Waals surface area contributed by atoms with Crippen molar-refractivity contribution in [3.8, 4) is 5.69 Å². The number of nitrogens with zero attached hydrogens (tertiary/aromatic N) is 3. The summed E-state index contributed by atoms with van der Waals surface area (Å²) in [5.41, 5.74) is 3.79. The summed E-state index contributed by atoms with van der Waals surface area (Å²) in [5.74, 6) is 1.08. The fourth-order valence-corrected chi connectivity index (χ4v) is 4.24. The van der Waals surface area contributed by atoms with Crippen LogP contribution >= 0.6 is 11.6 Å². The molecule has 1 aliphatic heterocycles. The molecular weight excluding hydrogens is 360 g/mol. The van der Waals surface area contributed by atoms with Gasteiger partial charge < -0.3 is 10.2 Å². The van der Waals surface area contributed by atoms with Crippen LogP contribution in [0.2, 0.25) is 5.02 Å². The third-order valence-electron chi connectivity index (χ3n) is 5.70. The molecule has 4 rings (SSSR count). The monoisotopic (exact) mass is 386 g/mol. The van der Waals surface area contributed by atoms with E-state index >= 15 is 0 Å². The lowest BCUT2D eigenvalue weighted by Gasteiger charge is -2.32. The molecule has 0 bridgehead atoms. The van der Waals surface area contributed by atoms with Crippen LogP contribution in [-0.2, 0) is 0 Å². The number of hydrogen-bond acceptors (Lipinski definition) is 3. The van der Waals surface area contributed by atoms with E-state index in [4.69, 9.17) is 11.6 Å². The fourth-order valence-electron chi connectivity index (χ4n) is 4.07. The van der Waals surface area contributed by atoms with Crippen molar-refractivity contribution in [1.82, 2.24) is 20.0 Å². The lowest BCUT2D eigenvalue weighted by atomic mass is 9.97. The van der Waals surface area contributed by atoms with E-state index in [1.165, 1.54) is 6.42 Å². The van der Waals surface area contributed by atoms with Gasteiger partial charge in [-0.1, -0.05) is 17.7 Å². The zero-order chi connectivity index (χ0) is 19.0. The Labute approximate surface area is 165 Å². The first-order chi connectivity index (χ1) is 13.1. The molecule has 1 aromatic carbocycles. The van der Waals surface area contributed by atoms with E-state index in [1.807, 2.05) is 41.8 Å². The first-order valence-electron chi connectivity index (χ1n) is 9.86. The smallest absolute Gasteiger partial charge is 0.257 e. The summed E-state index contributed by atoms with van der Waals surface area (Å²) in [5, 5.41) is 8.56. The van der Waals surface area contributed by atoms with E-state index < -0.39 is 0 Å². The van der Waals surface area contributed by atoms with Crippen molar-refractivity contribution in [3.63, 3.8) is 0 Å². The number of rotatable bonds is 5. The summed E-state index contributed by atoms with van der Waals surface area (Å²) in [7, 11) is 1.97. The van der Waals surface area contributed by atoms with Crippen LogP contribution in [0.15, 0.2) is 24.4 Å². The molecule has 1 saturated carbocycles. The summed E-state index contributed by atoms with van der Waals surface area (Å²) in [6.45, 7) is 4.61. The number of benzene rings is 1. The lowest BCUT2D eigenvalue weighted by molar-refractivity contribution is 0.0673. The van der Waals surface area contributed by atoms with Crippen LogP contribution in [0.25, 0.3) is 5.69 Å². The molecule has 1 saturated heterocycles. The second-order valence-electron chi connectivity index (χ2n) is 7.88. The van der Waals surface area contributed by atoms with Crippen molar-refractivity contribution in [2.24, 2.45) is 5.92 Å². The molecule has 1 aliphatic carbocycles. The van der Waals surface area contributed by atoms with Gasteiger partial charge in [0, 0.05) is 24.0 Å². The number of aromatic nitrogens is 2. The highest BCUT2D eigenvalue weighted by atomic mass is 35.5. The van der Waals surface area contributed by atoms with Gasteiger partial charge in [0.15, 0.2) is 0 Å². The van der Waals surface area contributed by atoms with E-state index in [0.29, 0.717) is 11.8 Å². The van der Waals surface area contributed by atoms with Crippen molar-refractivity contribution >= 4 is 17.5 Å². The molecule has 0 radical (unpaired) electrons. The molecule has 6 heteroatoms. The summed E-state index contributed by atoms with van der Waals surface area (Å²) in [4.78, 5) is 15.3. The van der Waals surface area contributed by atoms with Gasteiger partial charge in [-0.25, -0.2) is 4.68 Å². The van der Waals surface area contributed by atoms with E-state index in [9.17, 15) is 4.79 Å². The molecule has 5 nitrogen and oxygen atoms in total. The molecule has 27 heavy (non-hydrogen) atoms. The Morgan fingerprint density at radius 3 is 2.85 bits per heavy atom. The quantitative estimate of drug-likeness (QED) is 0.850. The summed E-state index contributed by atoms with van der Waals surface area (Å²) in [6, 6.07) is 5.97. The number of carbonyl (C=O) groups is 1. The van der Waals surface area contributed by atoms with Crippen molar-refractivity contribution in [2.45, 2.75) is 38.5 Å². The zero-order valence-corrected chi connectivity index (χ0v) is 16.8. The maximum atomic E-state index is 13.3. The number of carbonyl (C=O) groups excluding carboxylic acids is 1. The van der Waals surface area contributed by atoms with Crippen LogP contribution in [0.4, 0.5) is 0 Å². The number of amides is 1. The van der Waals surface area contributed by atoms with Gasteiger partial charge in [-0.2, -0.15) is 5.10 Å². The number of halogens is 1. The maximum absolute atomic E-state index is 13.3. The Kier molecular flexibility index (Phi) is 5.24. The van der Waals surface area contributed by atoms with Crippen LogP contribution in [0.1, 0.15) is 53.2 Å². The van der Waals surface area contributed by atoms with E-state index in [-0.39, 0.29) is 5.91 Å². The molecule has 2 aliphatic rings. The van der Waals surface area contributed by atoms with Gasteiger partial charge in [0.05, 0.1) is 23.1 Å². The minimum Gasteiger partial charge on any atom is -0.338 e. The van der Waals surface area contributed by atoms with Crippen LogP contribution in [0.3, 0.4) is 0 Å². The summed E-state index contributed by atoms with van der Waals surface area (Å²) >= 11 is 6.33. The highest BCUT2D eigenvalue weighted by Crippen LogP contribution is 2.43. The number of hydrogen-bond donors (Lipinski definition) is 1. The third-order valence-corrected chi connectivity index (χ3v) is 6.11. The van der Waals surface area contributed by atoms with Gasteiger partial charge in [0.25, 0.3) is 5.91 Å². The molecule has 1 aromatic heterocycles. The summed E-state index contributed by atoms with van der Waals surface area (Å²) < 4.78 is 1.92. The highest BCUT2D eigenvalue weighted by molar-refractivity contribution is 6.31. The Hall–Kier alpha value is -1.85. The Balaban J connectivity index is 1.64. The van der Waals surface area contributed by atoms with E-state index in [2.05, 4.69) is 10.4 Å². The van der Waals surface area contributed by atoms with Crippen LogP contribution in [-0.4, -0.2) is 47.3 Å². The Morgan fingerprint density at radius 2 is 2.15 bits per heavy atom. The molecule has 1 amide bonds. The van der Waals surface area contributed by atoms with Crippen molar-refractivity contribution < 1.29 is 4.79 Å². The number of likely N-dealkylation sites (tertiary alicyclic amines) is 1. The van der Waals surface area contributed by atoms with Crippen LogP contribution in [0.5, 0.6) is 0 Å². The standard InChI is InChI=1S/C21H27ClN4O/c1-14-5-8-17(10-19(14)22)26-20(16-6-7-16)18(12-24-26)21(27)25-9-3-4-15(13-25)11-23-2/h5,8,10,12,15-16,23H,3-4,6-7,9,11,13H2,1-2H3. The molecule has 1 N–H and O–H groups in total. The van der Waals surface area contributed by atoms with Crippen molar-refractivity contribution in [2.75, 3.05) is 26.7 Å².